The fourth-order valence-electron chi connectivity index (χ4n) is 2.81. The van der Waals surface area contributed by atoms with Gasteiger partial charge in [-0.3, -0.25) is 4.79 Å². The molecule has 0 aliphatic carbocycles. The number of amides is 1. The molecule has 2 N–H and O–H groups in total. The Morgan fingerprint density at radius 3 is 2.72 bits per heavy atom. The van der Waals surface area contributed by atoms with E-state index in [-0.39, 0.29) is 24.0 Å². The zero-order valence-electron chi connectivity index (χ0n) is 11.4. The molecule has 2 atom stereocenters. The summed E-state index contributed by atoms with van der Waals surface area (Å²) in [6.45, 7) is 6.18. The van der Waals surface area contributed by atoms with Crippen molar-refractivity contribution in [2.24, 2.45) is 5.73 Å². The first-order valence-corrected chi connectivity index (χ1v) is 6.64. The second-order valence-corrected chi connectivity index (χ2v) is 5.46. The van der Waals surface area contributed by atoms with Crippen LogP contribution in [0.2, 0.25) is 0 Å². The van der Waals surface area contributed by atoms with Crippen molar-refractivity contribution in [1.82, 2.24) is 4.90 Å². The number of rotatable bonds is 2. The molecule has 3 nitrogen and oxygen atoms in total. The summed E-state index contributed by atoms with van der Waals surface area (Å²) in [7, 11) is 0. The van der Waals surface area contributed by atoms with Gasteiger partial charge in [-0.2, -0.15) is 0 Å². The monoisotopic (exact) mass is 246 g/mol. The lowest BCUT2D eigenvalue weighted by molar-refractivity contribution is -0.139. The zero-order chi connectivity index (χ0) is 13.3. The number of carbonyl (C=O) groups is 1. The van der Waals surface area contributed by atoms with Gasteiger partial charge >= 0.3 is 0 Å². The first-order valence-electron chi connectivity index (χ1n) is 6.64. The van der Waals surface area contributed by atoms with Gasteiger partial charge in [0.05, 0.1) is 6.04 Å². The molecule has 3 heteroatoms. The van der Waals surface area contributed by atoms with Gasteiger partial charge in [-0.05, 0) is 32.8 Å². The minimum absolute atomic E-state index is 0.0196. The highest BCUT2D eigenvalue weighted by atomic mass is 16.2. The summed E-state index contributed by atoms with van der Waals surface area (Å²) < 4.78 is 0. The molecule has 1 aliphatic rings. The molecule has 18 heavy (non-hydrogen) atoms. The van der Waals surface area contributed by atoms with E-state index in [9.17, 15) is 4.79 Å². The number of nitrogens with zero attached hydrogens (tertiary/aromatic N) is 1. The van der Waals surface area contributed by atoms with E-state index in [0.29, 0.717) is 6.42 Å². The van der Waals surface area contributed by atoms with Crippen molar-refractivity contribution < 1.29 is 4.79 Å². The van der Waals surface area contributed by atoms with Crippen molar-refractivity contribution >= 4 is 5.91 Å². The normalized spacial score (nSPS) is 24.7. The quantitative estimate of drug-likeness (QED) is 0.871. The third-order valence-electron chi connectivity index (χ3n) is 3.62. The molecule has 1 fully saturated rings. The van der Waals surface area contributed by atoms with Crippen molar-refractivity contribution in [1.29, 1.82) is 0 Å². The van der Waals surface area contributed by atoms with E-state index in [1.54, 1.807) is 0 Å². The van der Waals surface area contributed by atoms with Crippen molar-refractivity contribution in [3.63, 3.8) is 0 Å². The highest BCUT2D eigenvalue weighted by Gasteiger charge is 2.36. The van der Waals surface area contributed by atoms with E-state index in [2.05, 4.69) is 39.0 Å². The second kappa shape index (κ2) is 5.11. The largest absolute Gasteiger partial charge is 0.332 e. The Balaban J connectivity index is 2.39. The van der Waals surface area contributed by atoms with Gasteiger partial charge in [0.25, 0.3) is 0 Å². The molecule has 2 unspecified atom stereocenters. The van der Waals surface area contributed by atoms with Gasteiger partial charge in [0.2, 0.25) is 5.91 Å². The summed E-state index contributed by atoms with van der Waals surface area (Å²) in [6, 6.07) is 8.56. The first-order chi connectivity index (χ1) is 8.50. The van der Waals surface area contributed by atoms with Crippen LogP contribution in [-0.2, 0) is 4.79 Å². The smallest absolute Gasteiger partial charge is 0.223 e. The minimum atomic E-state index is 0.0196. The molecule has 0 aromatic heterocycles. The summed E-state index contributed by atoms with van der Waals surface area (Å²) in [5, 5.41) is 0. The van der Waals surface area contributed by atoms with E-state index in [1.165, 1.54) is 5.56 Å². The van der Waals surface area contributed by atoms with Crippen molar-refractivity contribution in [3.8, 4) is 0 Å². The van der Waals surface area contributed by atoms with Crippen LogP contribution in [0, 0.1) is 6.92 Å². The lowest BCUT2D eigenvalue weighted by Gasteiger charge is -2.42. The molecule has 98 valence electrons. The standard InChI is InChI=1S/C15H22N2O/c1-10(2)17-14(18)8-7-13(16)15(17)12-6-4-5-11(3)9-12/h4-6,9-10,13,15H,7-8,16H2,1-3H3. The topological polar surface area (TPSA) is 46.3 Å². The van der Waals surface area contributed by atoms with E-state index in [4.69, 9.17) is 5.73 Å². The number of likely N-dealkylation sites (tertiary alicyclic amines) is 1. The molecule has 1 heterocycles. The van der Waals surface area contributed by atoms with Crippen LogP contribution < -0.4 is 5.73 Å². The Labute approximate surface area is 109 Å². The molecule has 0 bridgehead atoms. The van der Waals surface area contributed by atoms with E-state index >= 15 is 0 Å². The van der Waals surface area contributed by atoms with Gasteiger partial charge in [-0.15, -0.1) is 0 Å². The lowest BCUT2D eigenvalue weighted by Crippen LogP contribution is -2.51. The van der Waals surface area contributed by atoms with Crippen LogP contribution in [-0.4, -0.2) is 22.9 Å². The van der Waals surface area contributed by atoms with Gasteiger partial charge in [-0.25, -0.2) is 0 Å². The highest BCUT2D eigenvalue weighted by Crippen LogP contribution is 2.32. The molecule has 1 saturated heterocycles. The van der Waals surface area contributed by atoms with Gasteiger partial charge < -0.3 is 10.6 Å². The number of nitrogens with two attached hydrogens (primary N) is 1. The van der Waals surface area contributed by atoms with E-state index in [0.717, 1.165) is 12.0 Å². The molecule has 1 aromatic rings. The zero-order valence-corrected chi connectivity index (χ0v) is 11.4. The van der Waals surface area contributed by atoms with Gasteiger partial charge in [-0.1, -0.05) is 29.8 Å². The number of carbonyl (C=O) groups excluding carboxylic acids is 1. The maximum absolute atomic E-state index is 12.1. The van der Waals surface area contributed by atoms with Crippen molar-refractivity contribution in [2.75, 3.05) is 0 Å². The van der Waals surface area contributed by atoms with Crippen molar-refractivity contribution in [2.45, 2.75) is 51.7 Å². The van der Waals surface area contributed by atoms with E-state index in [1.807, 2.05) is 11.0 Å². The molecule has 0 saturated carbocycles. The predicted molar refractivity (Wildman–Crippen MR) is 73.1 cm³/mol. The SMILES string of the molecule is Cc1cccc(C2C(N)CCC(=O)N2C(C)C)c1. The average molecular weight is 246 g/mol. The molecular formula is C15H22N2O. The van der Waals surface area contributed by atoms with Crippen LogP contribution in [0.15, 0.2) is 24.3 Å². The average Bonchev–Trinajstić information content (AvgIpc) is 2.31. The highest BCUT2D eigenvalue weighted by molar-refractivity contribution is 5.78. The Kier molecular flexibility index (Phi) is 3.71. The Morgan fingerprint density at radius 1 is 1.39 bits per heavy atom. The molecular weight excluding hydrogens is 224 g/mol. The van der Waals surface area contributed by atoms with Crippen LogP contribution in [0.5, 0.6) is 0 Å². The molecule has 0 spiro atoms. The summed E-state index contributed by atoms with van der Waals surface area (Å²) in [6.07, 6.45) is 1.35. The molecule has 1 amide bonds. The summed E-state index contributed by atoms with van der Waals surface area (Å²) in [5.74, 6) is 0.221. The molecule has 1 aromatic carbocycles. The third kappa shape index (κ3) is 2.41. The molecule has 1 aliphatic heterocycles. The minimum Gasteiger partial charge on any atom is -0.332 e. The van der Waals surface area contributed by atoms with Gasteiger partial charge in [0.15, 0.2) is 0 Å². The second-order valence-electron chi connectivity index (χ2n) is 5.46. The summed E-state index contributed by atoms with van der Waals surface area (Å²) in [5.41, 5.74) is 8.62. The first kappa shape index (κ1) is 13.1. The number of hydrogen-bond donors (Lipinski definition) is 1. The Bertz CT molecular complexity index is 442. The fraction of sp³-hybridized carbons (Fsp3) is 0.533. The number of hydrogen-bond acceptors (Lipinski definition) is 2. The van der Waals surface area contributed by atoms with Gasteiger partial charge in [0.1, 0.15) is 0 Å². The lowest BCUT2D eigenvalue weighted by atomic mass is 9.89. The number of benzene rings is 1. The predicted octanol–water partition coefficient (Wildman–Crippen LogP) is 2.39. The van der Waals surface area contributed by atoms with Crippen LogP contribution in [0.4, 0.5) is 0 Å². The summed E-state index contributed by atoms with van der Waals surface area (Å²) in [4.78, 5) is 14.1. The number of piperidine rings is 1. The van der Waals surface area contributed by atoms with E-state index < -0.39 is 0 Å². The molecule has 0 radical (unpaired) electrons. The number of aryl methyl sites for hydroxylation is 1. The maximum atomic E-state index is 12.1. The van der Waals surface area contributed by atoms with Crippen molar-refractivity contribution in [3.05, 3.63) is 35.4 Å². The fourth-order valence-corrected chi connectivity index (χ4v) is 2.81. The van der Waals surface area contributed by atoms with Crippen LogP contribution in [0.25, 0.3) is 0 Å². The Morgan fingerprint density at radius 2 is 2.11 bits per heavy atom. The van der Waals surface area contributed by atoms with Crippen LogP contribution >= 0.6 is 0 Å². The maximum Gasteiger partial charge on any atom is 0.223 e. The summed E-state index contributed by atoms with van der Waals surface area (Å²) >= 11 is 0. The van der Waals surface area contributed by atoms with Crippen LogP contribution in [0.1, 0.15) is 43.9 Å². The molecule has 2 rings (SSSR count). The Hall–Kier alpha value is -1.35. The van der Waals surface area contributed by atoms with Gasteiger partial charge in [0, 0.05) is 18.5 Å². The van der Waals surface area contributed by atoms with Crippen LogP contribution in [0.3, 0.4) is 0 Å². The third-order valence-corrected chi connectivity index (χ3v) is 3.62.